The van der Waals surface area contributed by atoms with Gasteiger partial charge in [0.05, 0.1) is 11.9 Å². The van der Waals surface area contributed by atoms with Gasteiger partial charge in [0.2, 0.25) is 0 Å². The van der Waals surface area contributed by atoms with Crippen molar-refractivity contribution < 1.29 is 4.79 Å². The fourth-order valence-electron chi connectivity index (χ4n) is 0.842. The van der Waals surface area contributed by atoms with E-state index < -0.39 is 0 Å². The number of carbonyl (C=O) groups is 1. The molecule has 1 amide bonds. The summed E-state index contributed by atoms with van der Waals surface area (Å²) in [7, 11) is 1.74. The molecule has 4 nitrogen and oxygen atoms in total. The van der Waals surface area contributed by atoms with E-state index in [2.05, 4.69) is 9.97 Å². The lowest BCUT2D eigenvalue weighted by Crippen LogP contribution is -2.27. The number of amides is 1. The van der Waals surface area contributed by atoms with Crippen molar-refractivity contribution in [2.75, 3.05) is 13.6 Å². The van der Waals surface area contributed by atoms with Gasteiger partial charge in [-0.1, -0.05) is 0 Å². The van der Waals surface area contributed by atoms with E-state index in [9.17, 15) is 4.79 Å². The lowest BCUT2D eigenvalue weighted by Gasteiger charge is -2.12. The van der Waals surface area contributed by atoms with Crippen molar-refractivity contribution >= 4 is 5.91 Å². The van der Waals surface area contributed by atoms with Crippen LogP contribution in [0.2, 0.25) is 0 Å². The van der Waals surface area contributed by atoms with E-state index in [0.717, 1.165) is 5.69 Å². The minimum absolute atomic E-state index is 0.0880. The molecule has 0 aliphatic heterocycles. The van der Waals surface area contributed by atoms with Crippen LogP contribution in [0.25, 0.3) is 0 Å². The molecule has 0 aromatic carbocycles. The standard InChI is InChI=1S/C9H13N3O/c1-4-12(3)9(13)8-6-10-7(2)5-11-8/h5-6H,4H2,1-3H3. The third kappa shape index (κ3) is 2.24. The molecule has 1 aromatic rings. The molecule has 1 rings (SSSR count). The highest BCUT2D eigenvalue weighted by Gasteiger charge is 2.10. The predicted molar refractivity (Wildman–Crippen MR) is 49.4 cm³/mol. The number of rotatable bonds is 2. The van der Waals surface area contributed by atoms with Crippen molar-refractivity contribution in [1.29, 1.82) is 0 Å². The van der Waals surface area contributed by atoms with E-state index in [1.807, 2.05) is 13.8 Å². The highest BCUT2D eigenvalue weighted by Crippen LogP contribution is 1.98. The lowest BCUT2D eigenvalue weighted by atomic mass is 10.3. The Hall–Kier alpha value is -1.45. The largest absolute Gasteiger partial charge is 0.341 e. The summed E-state index contributed by atoms with van der Waals surface area (Å²) >= 11 is 0. The molecule has 13 heavy (non-hydrogen) atoms. The molecule has 0 atom stereocenters. The Morgan fingerprint density at radius 3 is 2.62 bits per heavy atom. The van der Waals surface area contributed by atoms with Crippen LogP contribution in [-0.2, 0) is 0 Å². The summed E-state index contributed by atoms with van der Waals surface area (Å²) in [4.78, 5) is 21.1. The van der Waals surface area contributed by atoms with Crippen LogP contribution in [0.1, 0.15) is 23.1 Å². The van der Waals surface area contributed by atoms with E-state index >= 15 is 0 Å². The first-order chi connectivity index (χ1) is 6.15. The van der Waals surface area contributed by atoms with Gasteiger partial charge in [0, 0.05) is 19.8 Å². The van der Waals surface area contributed by atoms with E-state index in [0.29, 0.717) is 12.2 Å². The maximum absolute atomic E-state index is 11.5. The molecule has 0 spiro atoms. The summed E-state index contributed by atoms with van der Waals surface area (Å²) in [6, 6.07) is 0. The van der Waals surface area contributed by atoms with Gasteiger partial charge >= 0.3 is 0 Å². The SMILES string of the molecule is CCN(C)C(=O)c1cnc(C)cn1. The third-order valence-electron chi connectivity index (χ3n) is 1.82. The minimum Gasteiger partial charge on any atom is -0.341 e. The summed E-state index contributed by atoms with van der Waals surface area (Å²) in [5.74, 6) is -0.0880. The molecule has 0 N–H and O–H groups in total. The lowest BCUT2D eigenvalue weighted by molar-refractivity contribution is 0.0796. The first kappa shape index (κ1) is 9.64. The fourth-order valence-corrected chi connectivity index (χ4v) is 0.842. The molecule has 0 unspecified atom stereocenters. The Kier molecular flexibility index (Phi) is 2.95. The number of carbonyl (C=O) groups excluding carboxylic acids is 1. The molecule has 1 heterocycles. The number of aromatic nitrogens is 2. The van der Waals surface area contributed by atoms with E-state index in [1.54, 1.807) is 18.1 Å². The van der Waals surface area contributed by atoms with Crippen LogP contribution in [0.15, 0.2) is 12.4 Å². The van der Waals surface area contributed by atoms with Gasteiger partial charge < -0.3 is 4.90 Å². The van der Waals surface area contributed by atoms with Crippen molar-refractivity contribution in [1.82, 2.24) is 14.9 Å². The maximum Gasteiger partial charge on any atom is 0.273 e. The first-order valence-corrected chi connectivity index (χ1v) is 4.19. The zero-order valence-electron chi connectivity index (χ0n) is 8.11. The van der Waals surface area contributed by atoms with Crippen LogP contribution in [0.4, 0.5) is 0 Å². The van der Waals surface area contributed by atoms with Crippen molar-refractivity contribution in [3.8, 4) is 0 Å². The second-order valence-electron chi connectivity index (χ2n) is 2.86. The monoisotopic (exact) mass is 179 g/mol. The highest BCUT2D eigenvalue weighted by molar-refractivity contribution is 5.91. The second kappa shape index (κ2) is 3.98. The van der Waals surface area contributed by atoms with Gasteiger partial charge in [-0.05, 0) is 13.8 Å². The molecule has 0 fully saturated rings. The molecule has 0 aliphatic carbocycles. The summed E-state index contributed by atoms with van der Waals surface area (Å²) < 4.78 is 0. The number of aryl methyl sites for hydroxylation is 1. The third-order valence-corrected chi connectivity index (χ3v) is 1.82. The maximum atomic E-state index is 11.5. The average molecular weight is 179 g/mol. The Bertz CT molecular complexity index is 294. The van der Waals surface area contributed by atoms with Crippen molar-refractivity contribution in [2.24, 2.45) is 0 Å². The van der Waals surface area contributed by atoms with Gasteiger partial charge in [0.25, 0.3) is 5.91 Å². The van der Waals surface area contributed by atoms with Crippen LogP contribution in [0.5, 0.6) is 0 Å². The number of hydrogen-bond donors (Lipinski definition) is 0. The van der Waals surface area contributed by atoms with Crippen LogP contribution in [0.3, 0.4) is 0 Å². The van der Waals surface area contributed by atoms with Gasteiger partial charge in [-0.2, -0.15) is 0 Å². The summed E-state index contributed by atoms with van der Waals surface area (Å²) in [5, 5.41) is 0. The van der Waals surface area contributed by atoms with Crippen LogP contribution < -0.4 is 0 Å². The zero-order chi connectivity index (χ0) is 9.84. The van der Waals surface area contributed by atoms with Crippen molar-refractivity contribution in [3.05, 3.63) is 23.8 Å². The quantitative estimate of drug-likeness (QED) is 0.677. The summed E-state index contributed by atoms with van der Waals surface area (Å²) in [6.07, 6.45) is 3.10. The Morgan fingerprint density at radius 1 is 1.46 bits per heavy atom. The molecule has 1 aromatic heterocycles. The topological polar surface area (TPSA) is 46.1 Å². The van der Waals surface area contributed by atoms with Gasteiger partial charge in [0.1, 0.15) is 5.69 Å². The van der Waals surface area contributed by atoms with Crippen molar-refractivity contribution in [2.45, 2.75) is 13.8 Å². The molecule has 0 bridgehead atoms. The molecular weight excluding hydrogens is 166 g/mol. The minimum atomic E-state index is -0.0880. The van der Waals surface area contributed by atoms with Crippen LogP contribution in [0, 0.1) is 6.92 Å². The fraction of sp³-hybridized carbons (Fsp3) is 0.444. The smallest absolute Gasteiger partial charge is 0.273 e. The first-order valence-electron chi connectivity index (χ1n) is 4.19. The predicted octanol–water partition coefficient (Wildman–Crippen LogP) is 0.877. The van der Waals surface area contributed by atoms with E-state index in [4.69, 9.17) is 0 Å². The molecule has 4 heteroatoms. The summed E-state index contributed by atoms with van der Waals surface area (Å²) in [6.45, 7) is 4.43. The van der Waals surface area contributed by atoms with Crippen LogP contribution >= 0.6 is 0 Å². The molecular formula is C9H13N3O. The Balaban J connectivity index is 2.83. The van der Waals surface area contributed by atoms with Gasteiger partial charge in [0.15, 0.2) is 0 Å². The number of hydrogen-bond acceptors (Lipinski definition) is 3. The Labute approximate surface area is 77.6 Å². The van der Waals surface area contributed by atoms with Gasteiger partial charge in [-0.15, -0.1) is 0 Å². The molecule has 0 saturated carbocycles. The van der Waals surface area contributed by atoms with Gasteiger partial charge in [-0.3, -0.25) is 9.78 Å². The number of nitrogens with zero attached hydrogens (tertiary/aromatic N) is 3. The zero-order valence-corrected chi connectivity index (χ0v) is 8.11. The van der Waals surface area contributed by atoms with E-state index in [-0.39, 0.29) is 5.91 Å². The molecule has 70 valence electrons. The average Bonchev–Trinajstić information content (AvgIpc) is 2.17. The van der Waals surface area contributed by atoms with Crippen LogP contribution in [-0.4, -0.2) is 34.4 Å². The molecule has 0 saturated heterocycles. The van der Waals surface area contributed by atoms with Crippen molar-refractivity contribution in [3.63, 3.8) is 0 Å². The highest BCUT2D eigenvalue weighted by atomic mass is 16.2. The normalized spacial score (nSPS) is 9.77. The Morgan fingerprint density at radius 2 is 2.15 bits per heavy atom. The molecule has 0 aliphatic rings. The summed E-state index contributed by atoms with van der Waals surface area (Å²) in [5.41, 5.74) is 1.21. The van der Waals surface area contributed by atoms with Gasteiger partial charge in [-0.25, -0.2) is 4.98 Å². The molecule has 0 radical (unpaired) electrons. The second-order valence-corrected chi connectivity index (χ2v) is 2.86. The van der Waals surface area contributed by atoms with E-state index in [1.165, 1.54) is 6.20 Å².